The molecule has 150 valence electrons. The first kappa shape index (κ1) is 20.6. The number of fused-ring (bicyclic) bond motifs is 1. The molecule has 1 N–H and O–H groups in total. The van der Waals surface area contributed by atoms with Crippen molar-refractivity contribution in [1.29, 1.82) is 0 Å². The van der Waals surface area contributed by atoms with Crippen LogP contribution >= 0.6 is 0 Å². The number of likely N-dealkylation sites (N-methyl/N-ethyl adjacent to an activating group) is 1. The maximum atomic E-state index is 13.0. The summed E-state index contributed by atoms with van der Waals surface area (Å²) in [5, 5.41) is 1.14. The van der Waals surface area contributed by atoms with E-state index >= 15 is 0 Å². The van der Waals surface area contributed by atoms with Crippen LogP contribution in [0.2, 0.25) is 0 Å². The summed E-state index contributed by atoms with van der Waals surface area (Å²) in [6.45, 7) is 6.08. The van der Waals surface area contributed by atoms with Gasteiger partial charge in [-0.1, -0.05) is 24.3 Å². The summed E-state index contributed by atoms with van der Waals surface area (Å²) in [4.78, 5) is 2.41. The molecule has 0 amide bonds. The highest BCUT2D eigenvalue weighted by Crippen LogP contribution is 2.29. The van der Waals surface area contributed by atoms with Crippen molar-refractivity contribution in [3.63, 3.8) is 0 Å². The third-order valence-corrected chi connectivity index (χ3v) is 7.02. The van der Waals surface area contributed by atoms with Gasteiger partial charge in [0.05, 0.1) is 4.90 Å². The van der Waals surface area contributed by atoms with Gasteiger partial charge in [0.15, 0.2) is 0 Å². The quantitative estimate of drug-likeness (QED) is 0.688. The number of rotatable bonds is 6. The van der Waals surface area contributed by atoms with Gasteiger partial charge in [0, 0.05) is 36.7 Å². The number of nitrogens with zero attached hydrogens (tertiary/aromatic N) is 2. The van der Waals surface area contributed by atoms with E-state index in [1.807, 2.05) is 60.1 Å². The number of sulfonamides is 1. The van der Waals surface area contributed by atoms with Gasteiger partial charge < -0.3 is 9.47 Å². The predicted molar refractivity (Wildman–Crippen MR) is 115 cm³/mol. The van der Waals surface area contributed by atoms with Crippen LogP contribution in [-0.4, -0.2) is 38.5 Å². The van der Waals surface area contributed by atoms with Gasteiger partial charge in [-0.15, -0.1) is 0 Å². The van der Waals surface area contributed by atoms with Crippen molar-refractivity contribution in [2.75, 3.05) is 20.6 Å². The molecule has 0 bridgehead atoms. The van der Waals surface area contributed by atoms with Gasteiger partial charge >= 0.3 is 0 Å². The number of hydrogen-bond donors (Lipinski definition) is 1. The first-order valence-electron chi connectivity index (χ1n) is 9.39. The lowest BCUT2D eigenvalue weighted by atomic mass is 10.1. The fraction of sp³-hybridized carbons (Fsp3) is 0.364. The van der Waals surface area contributed by atoms with E-state index in [1.165, 1.54) is 0 Å². The molecule has 1 aromatic heterocycles. The molecule has 1 heterocycles. The lowest BCUT2D eigenvalue weighted by Gasteiger charge is -2.25. The molecule has 2 aromatic carbocycles. The third kappa shape index (κ3) is 3.85. The van der Waals surface area contributed by atoms with Crippen molar-refractivity contribution < 1.29 is 8.42 Å². The van der Waals surface area contributed by atoms with Crippen LogP contribution in [0.25, 0.3) is 10.9 Å². The maximum Gasteiger partial charge on any atom is 0.240 e. The number of benzene rings is 2. The normalized spacial score (nSPS) is 13.4. The Bertz CT molecular complexity index is 1110. The Morgan fingerprint density at radius 3 is 2.36 bits per heavy atom. The molecule has 0 radical (unpaired) electrons. The number of nitrogens with one attached hydrogen (secondary N) is 1. The highest BCUT2D eigenvalue weighted by atomic mass is 32.2. The molecule has 0 saturated carbocycles. The first-order chi connectivity index (χ1) is 13.1. The van der Waals surface area contributed by atoms with Gasteiger partial charge in [-0.25, -0.2) is 13.1 Å². The zero-order chi connectivity index (χ0) is 20.6. The number of para-hydroxylation sites is 1. The van der Waals surface area contributed by atoms with Gasteiger partial charge in [-0.3, -0.25) is 0 Å². The van der Waals surface area contributed by atoms with Gasteiger partial charge in [-0.2, -0.15) is 0 Å². The van der Waals surface area contributed by atoms with E-state index in [-0.39, 0.29) is 6.04 Å². The lowest BCUT2D eigenvalue weighted by Crippen LogP contribution is -2.34. The van der Waals surface area contributed by atoms with Crippen LogP contribution in [0, 0.1) is 20.8 Å². The van der Waals surface area contributed by atoms with E-state index in [9.17, 15) is 8.42 Å². The SMILES string of the molecule is Cc1cc(C)c(S(=O)(=O)NCC(c2cn(C)c3ccccc23)N(C)C)cc1C. The molecule has 0 spiro atoms. The molecule has 0 aliphatic heterocycles. The zero-order valence-corrected chi connectivity index (χ0v) is 18.3. The smallest absolute Gasteiger partial charge is 0.240 e. The molecule has 28 heavy (non-hydrogen) atoms. The lowest BCUT2D eigenvalue weighted by molar-refractivity contribution is 0.301. The van der Waals surface area contributed by atoms with Crippen LogP contribution in [0.1, 0.15) is 28.3 Å². The van der Waals surface area contributed by atoms with Gasteiger partial charge in [0.25, 0.3) is 0 Å². The van der Waals surface area contributed by atoms with Crippen LogP contribution in [-0.2, 0) is 17.1 Å². The molecule has 1 unspecified atom stereocenters. The van der Waals surface area contributed by atoms with E-state index in [4.69, 9.17) is 0 Å². The van der Waals surface area contributed by atoms with Crippen LogP contribution in [0.3, 0.4) is 0 Å². The fourth-order valence-electron chi connectivity index (χ4n) is 3.70. The summed E-state index contributed by atoms with van der Waals surface area (Å²) in [6.07, 6.45) is 2.09. The summed E-state index contributed by atoms with van der Waals surface area (Å²) in [5.74, 6) is 0. The molecule has 0 fully saturated rings. The minimum absolute atomic E-state index is 0.0762. The minimum atomic E-state index is -3.60. The summed E-state index contributed by atoms with van der Waals surface area (Å²) in [6, 6.07) is 11.8. The first-order valence-corrected chi connectivity index (χ1v) is 10.9. The van der Waals surface area contributed by atoms with Crippen molar-refractivity contribution in [3.05, 3.63) is 64.8 Å². The monoisotopic (exact) mass is 399 g/mol. The summed E-state index contributed by atoms with van der Waals surface area (Å²) < 4.78 is 30.9. The summed E-state index contributed by atoms with van der Waals surface area (Å²) in [7, 11) is 2.37. The Hall–Kier alpha value is -2.15. The molecule has 0 aliphatic rings. The van der Waals surface area contributed by atoms with E-state index in [1.54, 1.807) is 6.07 Å². The Labute approximate surface area is 168 Å². The van der Waals surface area contributed by atoms with Crippen molar-refractivity contribution in [2.24, 2.45) is 7.05 Å². The average molecular weight is 400 g/mol. The molecule has 5 nitrogen and oxygen atoms in total. The van der Waals surface area contributed by atoms with E-state index in [2.05, 4.69) is 32.5 Å². The zero-order valence-electron chi connectivity index (χ0n) is 17.4. The van der Waals surface area contributed by atoms with Gasteiger partial charge in [0.2, 0.25) is 10.0 Å². The Morgan fingerprint density at radius 2 is 1.68 bits per heavy atom. The molecular formula is C22H29N3O2S. The molecule has 6 heteroatoms. The maximum absolute atomic E-state index is 13.0. The highest BCUT2D eigenvalue weighted by molar-refractivity contribution is 7.89. The van der Waals surface area contributed by atoms with Crippen LogP contribution in [0.5, 0.6) is 0 Å². The Morgan fingerprint density at radius 1 is 1.04 bits per heavy atom. The second-order valence-electron chi connectivity index (χ2n) is 7.75. The number of hydrogen-bond acceptors (Lipinski definition) is 3. The van der Waals surface area contributed by atoms with Crippen molar-refractivity contribution >= 4 is 20.9 Å². The van der Waals surface area contributed by atoms with Gasteiger partial charge in [-0.05, 0) is 69.3 Å². The summed E-state index contributed by atoms with van der Waals surface area (Å²) in [5.41, 5.74) is 5.09. The Kier molecular flexibility index (Phi) is 5.66. The Balaban J connectivity index is 1.93. The van der Waals surface area contributed by atoms with Crippen LogP contribution < -0.4 is 4.72 Å². The van der Waals surface area contributed by atoms with E-state index in [0.29, 0.717) is 11.4 Å². The molecule has 3 rings (SSSR count). The molecule has 1 atom stereocenters. The second-order valence-corrected chi connectivity index (χ2v) is 9.48. The number of aryl methyl sites for hydroxylation is 4. The van der Waals surface area contributed by atoms with Gasteiger partial charge in [0.1, 0.15) is 0 Å². The second kappa shape index (κ2) is 7.70. The topological polar surface area (TPSA) is 54.3 Å². The average Bonchev–Trinajstić information content (AvgIpc) is 2.95. The molecule has 0 saturated heterocycles. The van der Waals surface area contributed by atoms with Crippen molar-refractivity contribution in [2.45, 2.75) is 31.7 Å². The molecular weight excluding hydrogens is 370 g/mol. The van der Waals surface area contributed by atoms with Crippen LogP contribution in [0.15, 0.2) is 47.5 Å². The van der Waals surface area contributed by atoms with Crippen molar-refractivity contribution in [3.8, 4) is 0 Å². The largest absolute Gasteiger partial charge is 0.350 e. The number of aromatic nitrogens is 1. The third-order valence-electron chi connectivity index (χ3n) is 5.46. The minimum Gasteiger partial charge on any atom is -0.350 e. The predicted octanol–water partition coefficient (Wildman–Crippen LogP) is 3.68. The van der Waals surface area contributed by atoms with Crippen molar-refractivity contribution in [1.82, 2.24) is 14.2 Å². The van der Waals surface area contributed by atoms with E-state index in [0.717, 1.165) is 33.2 Å². The highest BCUT2D eigenvalue weighted by Gasteiger charge is 2.24. The van der Waals surface area contributed by atoms with E-state index < -0.39 is 10.0 Å². The molecule has 0 aliphatic carbocycles. The standard InChI is InChI=1S/C22H29N3O2S/c1-15-11-17(3)22(12-16(15)2)28(26,27)23-13-21(24(4)5)19-14-25(6)20-10-8-7-9-18(19)20/h7-12,14,21,23H,13H2,1-6H3. The fourth-order valence-corrected chi connectivity index (χ4v) is 5.05. The van der Waals surface area contributed by atoms with Crippen LogP contribution in [0.4, 0.5) is 0 Å². The molecule has 3 aromatic rings. The summed E-state index contributed by atoms with van der Waals surface area (Å²) >= 11 is 0.